The molecular formula is C31H42N2O3. The highest BCUT2D eigenvalue weighted by Crippen LogP contribution is 2.19. The first-order valence-electron chi connectivity index (χ1n) is 13.3. The Morgan fingerprint density at radius 3 is 2.14 bits per heavy atom. The lowest BCUT2D eigenvalue weighted by Gasteiger charge is -2.14. The van der Waals surface area contributed by atoms with E-state index in [1.807, 2.05) is 30.5 Å². The summed E-state index contributed by atoms with van der Waals surface area (Å²) in [5.41, 5.74) is 1.85. The highest BCUT2D eigenvalue weighted by molar-refractivity contribution is 5.86. The van der Waals surface area contributed by atoms with Crippen molar-refractivity contribution in [3.05, 3.63) is 84.6 Å². The number of hydrogen-bond acceptors (Lipinski definition) is 2. The highest BCUT2D eigenvalue weighted by Gasteiger charge is 2.21. The lowest BCUT2D eigenvalue weighted by atomic mass is 10.0. The monoisotopic (exact) mass is 490 g/mol. The number of carboxylic acid groups (broad SMARTS) is 1. The zero-order valence-corrected chi connectivity index (χ0v) is 21.6. The number of H-pyrrole nitrogens is 1. The van der Waals surface area contributed by atoms with Crippen molar-refractivity contribution in [3.8, 4) is 0 Å². The number of aromatic amines is 1. The largest absolute Gasteiger partial charge is 0.480 e. The number of amides is 1. The van der Waals surface area contributed by atoms with Gasteiger partial charge in [-0.05, 0) is 56.6 Å². The standard InChI is InChI=1S/C31H42N2O3/c1-2-3-4-5-6-7-8-9-10-11-12-13-14-15-16-17-18-23-30(34)33-29(31(35)36)24-26-25-32-28-22-20-19-21-27(26)28/h6-7,9-10,12-13,15-16,19-22,25,29,32H,2-5,8,11,14,17-18,23-24H2,1H3,(H,33,34)(H,35,36)/b7-6+,10-9+,13-12+,16-15+. The van der Waals surface area contributed by atoms with E-state index in [2.05, 4.69) is 65.8 Å². The molecule has 1 aromatic heterocycles. The van der Waals surface area contributed by atoms with E-state index in [0.717, 1.165) is 42.1 Å². The number of para-hydroxylation sites is 1. The van der Waals surface area contributed by atoms with Crippen molar-refractivity contribution in [1.29, 1.82) is 0 Å². The minimum Gasteiger partial charge on any atom is -0.480 e. The number of rotatable bonds is 18. The summed E-state index contributed by atoms with van der Waals surface area (Å²) < 4.78 is 0. The average molecular weight is 491 g/mol. The smallest absolute Gasteiger partial charge is 0.326 e. The van der Waals surface area contributed by atoms with E-state index < -0.39 is 12.0 Å². The van der Waals surface area contributed by atoms with Gasteiger partial charge in [0.1, 0.15) is 6.04 Å². The van der Waals surface area contributed by atoms with Gasteiger partial charge < -0.3 is 15.4 Å². The summed E-state index contributed by atoms with van der Waals surface area (Å²) >= 11 is 0. The Hall–Kier alpha value is -3.34. The number of carbonyl (C=O) groups is 2. The maximum Gasteiger partial charge on any atom is 0.326 e. The van der Waals surface area contributed by atoms with Gasteiger partial charge >= 0.3 is 5.97 Å². The van der Waals surface area contributed by atoms with Gasteiger partial charge in [-0.25, -0.2) is 4.79 Å². The number of fused-ring (bicyclic) bond motifs is 1. The van der Waals surface area contributed by atoms with E-state index in [1.165, 1.54) is 25.7 Å². The zero-order chi connectivity index (χ0) is 25.8. The van der Waals surface area contributed by atoms with Gasteiger partial charge in [0.05, 0.1) is 0 Å². The van der Waals surface area contributed by atoms with Gasteiger partial charge in [0.25, 0.3) is 0 Å². The molecule has 5 nitrogen and oxygen atoms in total. The summed E-state index contributed by atoms with van der Waals surface area (Å²) in [5.74, 6) is -1.24. The highest BCUT2D eigenvalue weighted by atomic mass is 16.4. The second-order valence-electron chi connectivity index (χ2n) is 9.00. The van der Waals surface area contributed by atoms with Gasteiger partial charge in [0.2, 0.25) is 5.91 Å². The van der Waals surface area contributed by atoms with Crippen LogP contribution in [0.1, 0.15) is 76.7 Å². The number of aliphatic carboxylic acids is 1. The molecule has 0 aliphatic rings. The molecule has 0 aliphatic carbocycles. The molecular weight excluding hydrogens is 448 g/mol. The second kappa shape index (κ2) is 18.0. The number of benzene rings is 1. The Bertz CT molecular complexity index is 1030. The first-order valence-corrected chi connectivity index (χ1v) is 13.3. The van der Waals surface area contributed by atoms with Crippen LogP contribution in [0.3, 0.4) is 0 Å². The van der Waals surface area contributed by atoms with E-state index >= 15 is 0 Å². The van der Waals surface area contributed by atoms with Crippen LogP contribution in [0.2, 0.25) is 0 Å². The van der Waals surface area contributed by atoms with Crippen LogP contribution in [0.4, 0.5) is 0 Å². The lowest BCUT2D eigenvalue weighted by molar-refractivity contribution is -0.141. The molecule has 0 aliphatic heterocycles. The molecule has 36 heavy (non-hydrogen) atoms. The molecule has 2 rings (SSSR count). The van der Waals surface area contributed by atoms with Crippen molar-refractivity contribution in [2.24, 2.45) is 0 Å². The molecule has 0 fully saturated rings. The molecule has 0 bridgehead atoms. The van der Waals surface area contributed by atoms with Crippen LogP contribution in [-0.4, -0.2) is 28.0 Å². The summed E-state index contributed by atoms with van der Waals surface area (Å²) in [6, 6.07) is 6.81. The van der Waals surface area contributed by atoms with Crippen LogP contribution in [0, 0.1) is 0 Å². The first-order chi connectivity index (χ1) is 17.6. The van der Waals surface area contributed by atoms with Crippen molar-refractivity contribution < 1.29 is 14.7 Å². The Morgan fingerprint density at radius 2 is 1.50 bits per heavy atom. The average Bonchev–Trinajstić information content (AvgIpc) is 3.28. The number of unbranched alkanes of at least 4 members (excludes halogenated alkanes) is 4. The molecule has 0 radical (unpaired) electrons. The molecule has 2 aromatic rings. The number of allylic oxidation sites excluding steroid dienone is 8. The quantitative estimate of drug-likeness (QED) is 0.150. The topological polar surface area (TPSA) is 82.2 Å². The van der Waals surface area contributed by atoms with Crippen molar-refractivity contribution in [1.82, 2.24) is 10.3 Å². The van der Waals surface area contributed by atoms with Crippen LogP contribution < -0.4 is 5.32 Å². The lowest BCUT2D eigenvalue weighted by Crippen LogP contribution is -2.42. The number of nitrogens with one attached hydrogen (secondary N) is 2. The van der Waals surface area contributed by atoms with Crippen LogP contribution in [-0.2, 0) is 16.0 Å². The molecule has 1 heterocycles. The van der Waals surface area contributed by atoms with Gasteiger partial charge in [-0.3, -0.25) is 4.79 Å². The van der Waals surface area contributed by atoms with Crippen molar-refractivity contribution in [2.75, 3.05) is 0 Å². The SMILES string of the molecule is CCCCC/C=C/C/C=C/C/C=C/C/C=C/CCCC(=O)NC(Cc1c[nH]c2ccccc12)C(=O)O. The summed E-state index contributed by atoms with van der Waals surface area (Å²) in [6.45, 7) is 2.23. The molecule has 5 heteroatoms. The van der Waals surface area contributed by atoms with E-state index in [9.17, 15) is 14.7 Å². The van der Waals surface area contributed by atoms with E-state index in [4.69, 9.17) is 0 Å². The van der Waals surface area contributed by atoms with Crippen LogP contribution >= 0.6 is 0 Å². The zero-order valence-electron chi connectivity index (χ0n) is 21.6. The molecule has 194 valence electrons. The van der Waals surface area contributed by atoms with Gasteiger partial charge in [0, 0.05) is 29.9 Å². The van der Waals surface area contributed by atoms with Gasteiger partial charge in [-0.2, -0.15) is 0 Å². The number of hydrogen-bond donors (Lipinski definition) is 3. The van der Waals surface area contributed by atoms with E-state index in [-0.39, 0.29) is 12.3 Å². The molecule has 1 aromatic carbocycles. The van der Waals surface area contributed by atoms with Crippen LogP contribution in [0.15, 0.2) is 79.1 Å². The van der Waals surface area contributed by atoms with Crippen LogP contribution in [0.25, 0.3) is 10.9 Å². The predicted octanol–water partition coefficient (Wildman–Crippen LogP) is 7.43. The Balaban J connectivity index is 1.56. The predicted molar refractivity (Wildman–Crippen MR) is 150 cm³/mol. The minimum atomic E-state index is -1.02. The summed E-state index contributed by atoms with van der Waals surface area (Å²) in [5, 5.41) is 13.2. The summed E-state index contributed by atoms with van der Waals surface area (Å²) in [6.07, 6.45) is 29.2. The maximum absolute atomic E-state index is 12.3. The molecule has 0 saturated carbocycles. The van der Waals surface area contributed by atoms with Crippen molar-refractivity contribution in [3.63, 3.8) is 0 Å². The maximum atomic E-state index is 12.3. The number of carbonyl (C=O) groups excluding carboxylic acids is 1. The van der Waals surface area contributed by atoms with E-state index in [1.54, 1.807) is 0 Å². The molecule has 0 saturated heterocycles. The molecule has 1 amide bonds. The van der Waals surface area contributed by atoms with Crippen molar-refractivity contribution in [2.45, 2.75) is 83.6 Å². The fourth-order valence-electron chi connectivity index (χ4n) is 3.93. The normalized spacial score (nSPS) is 13.0. The molecule has 1 atom stereocenters. The third-order valence-corrected chi connectivity index (χ3v) is 5.96. The number of aromatic nitrogens is 1. The Kier molecular flexibility index (Phi) is 14.4. The minimum absolute atomic E-state index is 0.224. The third kappa shape index (κ3) is 11.9. The fourth-order valence-corrected chi connectivity index (χ4v) is 3.93. The van der Waals surface area contributed by atoms with E-state index in [0.29, 0.717) is 12.8 Å². The third-order valence-electron chi connectivity index (χ3n) is 5.96. The second-order valence-corrected chi connectivity index (χ2v) is 9.00. The summed E-state index contributed by atoms with van der Waals surface area (Å²) in [4.78, 5) is 27.1. The van der Waals surface area contributed by atoms with Gasteiger partial charge in [0.15, 0.2) is 0 Å². The van der Waals surface area contributed by atoms with Gasteiger partial charge in [-0.15, -0.1) is 0 Å². The molecule has 3 N–H and O–H groups in total. The molecule has 1 unspecified atom stereocenters. The van der Waals surface area contributed by atoms with Crippen LogP contribution in [0.5, 0.6) is 0 Å². The Morgan fingerprint density at radius 1 is 0.889 bits per heavy atom. The summed E-state index contributed by atoms with van der Waals surface area (Å²) in [7, 11) is 0. The van der Waals surface area contributed by atoms with Crippen molar-refractivity contribution >= 4 is 22.8 Å². The first kappa shape index (κ1) is 28.9. The fraction of sp³-hybridized carbons (Fsp3) is 0.419. The molecule has 0 spiro atoms. The Labute approximate surface area is 216 Å². The number of carboxylic acids is 1. The van der Waals surface area contributed by atoms with Gasteiger partial charge in [-0.1, -0.05) is 86.6 Å².